The van der Waals surface area contributed by atoms with Crippen molar-refractivity contribution in [3.05, 3.63) is 0 Å². The first-order valence-electron chi connectivity index (χ1n) is 3.91. The lowest BCUT2D eigenvalue weighted by Crippen LogP contribution is -2.30. The average molecular weight is 171 g/mol. The molecule has 4 nitrogen and oxygen atoms in total. The molecule has 0 aromatic heterocycles. The number of aliphatic hydroxyl groups is 1. The van der Waals surface area contributed by atoms with Crippen LogP contribution in [0.3, 0.4) is 0 Å². The van der Waals surface area contributed by atoms with Gasteiger partial charge in [0.05, 0.1) is 18.6 Å². The van der Waals surface area contributed by atoms with Crippen LogP contribution in [0.25, 0.3) is 0 Å². The summed E-state index contributed by atoms with van der Waals surface area (Å²) in [5, 5.41) is 17.7. The molecule has 2 atom stereocenters. The second-order valence-corrected chi connectivity index (χ2v) is 2.34. The van der Waals surface area contributed by atoms with E-state index < -0.39 is 18.0 Å². The summed E-state index contributed by atoms with van der Waals surface area (Å²) in [6.45, 7) is 3.60. The van der Waals surface area contributed by atoms with Crippen LogP contribution in [-0.2, 0) is 9.53 Å². The second kappa shape index (κ2) is 5.56. The van der Waals surface area contributed by atoms with Crippen molar-refractivity contribution in [2.45, 2.75) is 26.4 Å². The Kier molecular flexibility index (Phi) is 5.06. The van der Waals surface area contributed by atoms with Gasteiger partial charge in [0.1, 0.15) is 0 Å². The molecule has 1 N–H and O–H groups in total. The lowest BCUT2D eigenvalue weighted by Gasteiger charge is -2.12. The predicted octanol–water partition coefficient (Wildman–Crippen LogP) is 0.460. The molecular formula is C8H13NO3. The lowest BCUT2D eigenvalue weighted by molar-refractivity contribution is -0.154. The van der Waals surface area contributed by atoms with Crippen molar-refractivity contribution in [1.82, 2.24) is 0 Å². The SMILES string of the molecule is CCOC(=O)C(O)C(C#N)CC. The van der Waals surface area contributed by atoms with Crippen LogP contribution < -0.4 is 0 Å². The summed E-state index contributed by atoms with van der Waals surface area (Å²) in [6.07, 6.45) is -0.865. The Bertz CT molecular complexity index is 185. The highest BCUT2D eigenvalue weighted by Crippen LogP contribution is 2.08. The number of hydrogen-bond donors (Lipinski definition) is 1. The predicted molar refractivity (Wildman–Crippen MR) is 42.0 cm³/mol. The Hall–Kier alpha value is -1.08. The van der Waals surface area contributed by atoms with E-state index >= 15 is 0 Å². The molecule has 0 amide bonds. The summed E-state index contributed by atoms with van der Waals surface area (Å²) in [7, 11) is 0. The fourth-order valence-corrected chi connectivity index (χ4v) is 0.777. The largest absolute Gasteiger partial charge is 0.464 e. The molecule has 0 saturated heterocycles. The molecular weight excluding hydrogens is 158 g/mol. The molecule has 0 fully saturated rings. The molecule has 0 radical (unpaired) electrons. The van der Waals surface area contributed by atoms with E-state index in [0.717, 1.165) is 0 Å². The Morgan fingerprint density at radius 1 is 1.67 bits per heavy atom. The van der Waals surface area contributed by atoms with E-state index in [4.69, 9.17) is 5.26 Å². The average Bonchev–Trinajstić information content (AvgIpc) is 2.07. The Balaban J connectivity index is 4.08. The number of carbonyl (C=O) groups excluding carboxylic acids is 1. The third kappa shape index (κ3) is 2.89. The minimum Gasteiger partial charge on any atom is -0.464 e. The zero-order chi connectivity index (χ0) is 9.56. The fourth-order valence-electron chi connectivity index (χ4n) is 0.777. The van der Waals surface area contributed by atoms with Crippen LogP contribution >= 0.6 is 0 Å². The number of hydrogen-bond acceptors (Lipinski definition) is 4. The third-order valence-electron chi connectivity index (χ3n) is 1.51. The summed E-state index contributed by atoms with van der Waals surface area (Å²) >= 11 is 0. The van der Waals surface area contributed by atoms with Crippen molar-refractivity contribution >= 4 is 5.97 Å². The number of nitrogens with zero attached hydrogens (tertiary/aromatic N) is 1. The maximum absolute atomic E-state index is 10.9. The highest BCUT2D eigenvalue weighted by atomic mass is 16.5. The molecule has 2 unspecified atom stereocenters. The number of rotatable bonds is 4. The molecule has 0 rings (SSSR count). The van der Waals surface area contributed by atoms with Gasteiger partial charge in [0.25, 0.3) is 0 Å². The second-order valence-electron chi connectivity index (χ2n) is 2.34. The first kappa shape index (κ1) is 10.9. The molecule has 12 heavy (non-hydrogen) atoms. The van der Waals surface area contributed by atoms with E-state index in [1.807, 2.05) is 6.07 Å². The number of aliphatic hydroxyl groups excluding tert-OH is 1. The molecule has 0 aromatic rings. The first-order chi connectivity index (χ1) is 5.67. The summed E-state index contributed by atoms with van der Waals surface area (Å²) < 4.78 is 4.55. The van der Waals surface area contributed by atoms with E-state index in [9.17, 15) is 9.90 Å². The lowest BCUT2D eigenvalue weighted by atomic mass is 10.0. The molecule has 0 heterocycles. The van der Waals surface area contributed by atoms with E-state index in [1.165, 1.54) is 0 Å². The van der Waals surface area contributed by atoms with E-state index in [0.29, 0.717) is 6.42 Å². The van der Waals surface area contributed by atoms with Crippen LogP contribution in [0, 0.1) is 17.2 Å². The maximum Gasteiger partial charge on any atom is 0.336 e. The quantitative estimate of drug-likeness (QED) is 0.624. The summed E-state index contributed by atoms with van der Waals surface area (Å²) in [5.74, 6) is -1.38. The monoisotopic (exact) mass is 171 g/mol. The van der Waals surface area contributed by atoms with Crippen molar-refractivity contribution in [3.8, 4) is 6.07 Å². The third-order valence-corrected chi connectivity index (χ3v) is 1.51. The number of carbonyl (C=O) groups is 1. The smallest absolute Gasteiger partial charge is 0.336 e. The van der Waals surface area contributed by atoms with Crippen molar-refractivity contribution in [2.75, 3.05) is 6.61 Å². The Labute approximate surface area is 71.8 Å². The molecule has 0 bridgehead atoms. The van der Waals surface area contributed by atoms with Crippen molar-refractivity contribution in [3.63, 3.8) is 0 Å². The van der Waals surface area contributed by atoms with Crippen LogP contribution in [0.1, 0.15) is 20.3 Å². The van der Waals surface area contributed by atoms with Gasteiger partial charge >= 0.3 is 5.97 Å². The topological polar surface area (TPSA) is 70.3 Å². The summed E-state index contributed by atoms with van der Waals surface area (Å²) in [4.78, 5) is 10.9. The normalized spacial score (nSPS) is 14.5. The summed E-state index contributed by atoms with van der Waals surface area (Å²) in [5.41, 5.74) is 0. The highest BCUT2D eigenvalue weighted by molar-refractivity contribution is 5.75. The van der Waals surface area contributed by atoms with Gasteiger partial charge in [-0.3, -0.25) is 0 Å². The van der Waals surface area contributed by atoms with Crippen molar-refractivity contribution in [1.29, 1.82) is 5.26 Å². The van der Waals surface area contributed by atoms with Crippen LogP contribution in [0.4, 0.5) is 0 Å². The maximum atomic E-state index is 10.9. The van der Waals surface area contributed by atoms with Crippen molar-refractivity contribution in [2.24, 2.45) is 5.92 Å². The van der Waals surface area contributed by atoms with Crippen molar-refractivity contribution < 1.29 is 14.6 Å². The molecule has 0 aliphatic carbocycles. The van der Waals surface area contributed by atoms with Gasteiger partial charge in [-0.1, -0.05) is 6.92 Å². The zero-order valence-electron chi connectivity index (χ0n) is 7.28. The fraction of sp³-hybridized carbons (Fsp3) is 0.750. The Morgan fingerprint density at radius 2 is 2.25 bits per heavy atom. The van der Waals surface area contributed by atoms with Gasteiger partial charge in [-0.05, 0) is 13.3 Å². The molecule has 0 aliphatic rings. The minimum absolute atomic E-state index is 0.220. The van der Waals surface area contributed by atoms with E-state index in [1.54, 1.807) is 13.8 Å². The van der Waals surface area contributed by atoms with Gasteiger partial charge in [-0.15, -0.1) is 0 Å². The van der Waals surface area contributed by atoms with Gasteiger partial charge in [0, 0.05) is 0 Å². The van der Waals surface area contributed by atoms with Gasteiger partial charge < -0.3 is 9.84 Å². The molecule has 68 valence electrons. The Morgan fingerprint density at radius 3 is 2.58 bits per heavy atom. The number of nitriles is 1. The van der Waals surface area contributed by atoms with Crippen LogP contribution in [-0.4, -0.2) is 23.8 Å². The molecule has 0 spiro atoms. The zero-order valence-corrected chi connectivity index (χ0v) is 7.28. The van der Waals surface area contributed by atoms with Gasteiger partial charge in [-0.2, -0.15) is 5.26 Å². The minimum atomic E-state index is -1.31. The molecule has 0 saturated carbocycles. The van der Waals surface area contributed by atoms with E-state index in [-0.39, 0.29) is 6.61 Å². The van der Waals surface area contributed by atoms with E-state index in [2.05, 4.69) is 4.74 Å². The molecule has 4 heteroatoms. The molecule has 0 aliphatic heterocycles. The van der Waals surface area contributed by atoms with Gasteiger partial charge in [0.2, 0.25) is 0 Å². The number of esters is 1. The molecule has 0 aromatic carbocycles. The van der Waals surface area contributed by atoms with Crippen LogP contribution in [0.5, 0.6) is 0 Å². The summed E-state index contributed by atoms with van der Waals surface area (Å²) in [6, 6.07) is 1.84. The first-order valence-corrected chi connectivity index (χ1v) is 3.91. The number of ether oxygens (including phenoxy) is 1. The highest BCUT2D eigenvalue weighted by Gasteiger charge is 2.25. The van der Waals surface area contributed by atoms with Crippen LogP contribution in [0.2, 0.25) is 0 Å². The van der Waals surface area contributed by atoms with Crippen LogP contribution in [0.15, 0.2) is 0 Å². The van der Waals surface area contributed by atoms with Gasteiger partial charge in [0.15, 0.2) is 6.10 Å². The van der Waals surface area contributed by atoms with Gasteiger partial charge in [-0.25, -0.2) is 4.79 Å². The standard InChI is InChI=1S/C8H13NO3/c1-3-6(5-9)7(10)8(11)12-4-2/h6-7,10H,3-4H2,1-2H3.